The van der Waals surface area contributed by atoms with Gasteiger partial charge in [-0.3, -0.25) is 9.78 Å². The Bertz CT molecular complexity index is 596. The molecule has 22 heavy (non-hydrogen) atoms. The Morgan fingerprint density at radius 2 is 2.18 bits per heavy atom. The van der Waals surface area contributed by atoms with E-state index >= 15 is 0 Å². The Labute approximate surface area is 129 Å². The van der Waals surface area contributed by atoms with Gasteiger partial charge in [0, 0.05) is 32.6 Å². The number of carbonyl (C=O) groups excluding carboxylic acids is 1. The summed E-state index contributed by atoms with van der Waals surface area (Å²) in [4.78, 5) is 29.0. The maximum atomic E-state index is 12.1. The second-order valence-electron chi connectivity index (χ2n) is 5.66. The van der Waals surface area contributed by atoms with E-state index in [0.717, 1.165) is 36.8 Å². The number of carbonyl (C=O) groups is 2. The van der Waals surface area contributed by atoms with Crippen LogP contribution in [0, 0.1) is 0 Å². The van der Waals surface area contributed by atoms with Gasteiger partial charge in [0.1, 0.15) is 5.69 Å². The quantitative estimate of drug-likeness (QED) is 0.507. The summed E-state index contributed by atoms with van der Waals surface area (Å²) in [5, 5.41) is 11.5. The number of hydrogen-bond acceptors (Lipinski definition) is 4. The third kappa shape index (κ3) is 4.07. The van der Waals surface area contributed by atoms with Gasteiger partial charge in [-0.2, -0.15) is 0 Å². The number of carboxylic acid groups (broad SMARTS) is 1. The molecule has 1 aromatic heterocycles. The molecule has 1 amide bonds. The minimum Gasteiger partial charge on any atom is -0.465 e. The van der Waals surface area contributed by atoms with Gasteiger partial charge in [0.05, 0.1) is 6.04 Å². The minimum atomic E-state index is -1.04. The van der Waals surface area contributed by atoms with Gasteiger partial charge >= 0.3 is 6.09 Å². The van der Waals surface area contributed by atoms with Gasteiger partial charge in [-0.25, -0.2) is 4.79 Å². The first kappa shape index (κ1) is 16.0. The molecule has 6 heteroatoms. The zero-order valence-corrected chi connectivity index (χ0v) is 12.9. The molecule has 6 nitrogen and oxygen atoms in total. The smallest absolute Gasteiger partial charge is 0.405 e. The number of amides is 1. The molecule has 2 rings (SSSR count). The summed E-state index contributed by atoms with van der Waals surface area (Å²) in [5.41, 5.74) is 2.29. The van der Waals surface area contributed by atoms with Crippen LogP contribution in [0.4, 0.5) is 4.79 Å². The van der Waals surface area contributed by atoms with E-state index in [-0.39, 0.29) is 11.8 Å². The number of aromatic nitrogens is 1. The molecule has 1 aliphatic carbocycles. The maximum absolute atomic E-state index is 12.1. The lowest BCUT2D eigenvalue weighted by Crippen LogP contribution is -2.27. The molecule has 1 aromatic rings. The standard InChI is InChI=1S/C16H21N3O3/c1-19(2)8-7-15(20)14-9-11-5-3-4-6-13(18-16(21)22)12(11)10-17-14/h7-10,13,18H,3-6H2,1-2H3,(H,21,22)/b8-7+. The van der Waals surface area contributed by atoms with E-state index < -0.39 is 6.09 Å². The van der Waals surface area contributed by atoms with E-state index in [2.05, 4.69) is 10.3 Å². The fourth-order valence-electron chi connectivity index (χ4n) is 2.59. The molecule has 0 saturated carbocycles. The fourth-order valence-corrected chi connectivity index (χ4v) is 2.59. The normalized spacial score (nSPS) is 17.6. The molecule has 2 N–H and O–H groups in total. The lowest BCUT2D eigenvalue weighted by atomic mass is 10.00. The molecular weight excluding hydrogens is 282 g/mol. The second-order valence-corrected chi connectivity index (χ2v) is 5.66. The van der Waals surface area contributed by atoms with E-state index in [0.29, 0.717) is 5.69 Å². The number of hydrogen-bond donors (Lipinski definition) is 2. The highest BCUT2D eigenvalue weighted by Gasteiger charge is 2.21. The van der Waals surface area contributed by atoms with Gasteiger partial charge in [-0.15, -0.1) is 0 Å². The van der Waals surface area contributed by atoms with Gasteiger partial charge in [0.15, 0.2) is 0 Å². The van der Waals surface area contributed by atoms with Crippen LogP contribution < -0.4 is 5.32 Å². The van der Waals surface area contributed by atoms with Crippen molar-refractivity contribution in [3.05, 3.63) is 41.4 Å². The topological polar surface area (TPSA) is 82.5 Å². The van der Waals surface area contributed by atoms with Gasteiger partial charge in [-0.05, 0) is 36.5 Å². The molecule has 1 unspecified atom stereocenters. The third-order valence-corrected chi connectivity index (χ3v) is 3.66. The number of aryl methyl sites for hydroxylation is 1. The van der Waals surface area contributed by atoms with Gasteiger partial charge in [-0.1, -0.05) is 6.42 Å². The predicted molar refractivity (Wildman–Crippen MR) is 82.9 cm³/mol. The summed E-state index contributed by atoms with van der Waals surface area (Å²) < 4.78 is 0. The predicted octanol–water partition coefficient (Wildman–Crippen LogP) is 2.37. The Hall–Kier alpha value is -2.37. The summed E-state index contributed by atoms with van der Waals surface area (Å²) in [6, 6.07) is 1.54. The second kappa shape index (κ2) is 7.06. The first-order valence-corrected chi connectivity index (χ1v) is 7.34. The zero-order chi connectivity index (χ0) is 16.1. The summed E-state index contributed by atoms with van der Waals surface area (Å²) in [6.45, 7) is 0. The van der Waals surface area contributed by atoms with Crippen molar-refractivity contribution in [2.75, 3.05) is 14.1 Å². The molecule has 0 bridgehead atoms. The number of allylic oxidation sites excluding steroid dienone is 1. The Morgan fingerprint density at radius 1 is 1.41 bits per heavy atom. The molecule has 1 heterocycles. The lowest BCUT2D eigenvalue weighted by Gasteiger charge is -2.17. The lowest BCUT2D eigenvalue weighted by molar-refractivity contribution is 0.104. The molecule has 0 radical (unpaired) electrons. The van der Waals surface area contributed by atoms with Crippen LogP contribution in [0.3, 0.4) is 0 Å². The summed E-state index contributed by atoms with van der Waals surface area (Å²) in [7, 11) is 3.69. The molecule has 0 fully saturated rings. The van der Waals surface area contributed by atoms with Crippen LogP contribution in [0.1, 0.15) is 46.9 Å². The van der Waals surface area contributed by atoms with Crippen molar-refractivity contribution in [1.82, 2.24) is 15.2 Å². The average Bonchev–Trinajstić information content (AvgIpc) is 2.66. The Kier molecular flexibility index (Phi) is 5.14. The molecule has 0 aromatic carbocycles. The minimum absolute atomic E-state index is 0.150. The number of nitrogens with zero attached hydrogens (tertiary/aromatic N) is 2. The van der Waals surface area contributed by atoms with Crippen molar-refractivity contribution in [2.24, 2.45) is 0 Å². The van der Waals surface area contributed by atoms with Crippen molar-refractivity contribution in [3.8, 4) is 0 Å². The molecule has 118 valence electrons. The van der Waals surface area contributed by atoms with Gasteiger partial charge in [0.25, 0.3) is 0 Å². The highest BCUT2D eigenvalue weighted by Crippen LogP contribution is 2.28. The van der Waals surface area contributed by atoms with Crippen LogP contribution in [-0.2, 0) is 6.42 Å². The van der Waals surface area contributed by atoms with Crippen LogP contribution in [0.5, 0.6) is 0 Å². The van der Waals surface area contributed by atoms with Crippen molar-refractivity contribution < 1.29 is 14.7 Å². The van der Waals surface area contributed by atoms with E-state index in [4.69, 9.17) is 5.11 Å². The van der Waals surface area contributed by atoms with Crippen LogP contribution in [0.25, 0.3) is 0 Å². The molecule has 0 aliphatic heterocycles. The SMILES string of the molecule is CN(C)/C=C/C(=O)c1cc2c(cn1)C(NC(=O)O)CCCC2. The monoisotopic (exact) mass is 303 g/mol. The van der Waals surface area contributed by atoms with E-state index in [9.17, 15) is 9.59 Å². The molecular formula is C16H21N3O3. The first-order valence-electron chi connectivity index (χ1n) is 7.34. The van der Waals surface area contributed by atoms with Gasteiger partial charge < -0.3 is 15.3 Å². The summed E-state index contributed by atoms with van der Waals surface area (Å²) in [6.07, 6.45) is 7.30. The van der Waals surface area contributed by atoms with E-state index in [1.807, 2.05) is 14.1 Å². The first-order chi connectivity index (χ1) is 10.5. The molecule has 0 spiro atoms. The molecule has 0 saturated heterocycles. The number of fused-ring (bicyclic) bond motifs is 1. The van der Waals surface area contributed by atoms with Crippen LogP contribution >= 0.6 is 0 Å². The molecule has 1 aliphatic rings. The van der Waals surface area contributed by atoms with Crippen LogP contribution in [0.15, 0.2) is 24.5 Å². The summed E-state index contributed by atoms with van der Waals surface area (Å²) in [5.74, 6) is -0.150. The number of ketones is 1. The molecule has 1 atom stereocenters. The van der Waals surface area contributed by atoms with Gasteiger partial charge in [0.2, 0.25) is 5.78 Å². The number of pyridine rings is 1. The number of rotatable bonds is 4. The fraction of sp³-hybridized carbons (Fsp3) is 0.438. The van der Waals surface area contributed by atoms with E-state index in [1.165, 1.54) is 6.08 Å². The average molecular weight is 303 g/mol. The zero-order valence-electron chi connectivity index (χ0n) is 12.9. The Morgan fingerprint density at radius 3 is 2.86 bits per heavy atom. The van der Waals surface area contributed by atoms with Crippen molar-refractivity contribution in [1.29, 1.82) is 0 Å². The van der Waals surface area contributed by atoms with Crippen LogP contribution in [0.2, 0.25) is 0 Å². The highest BCUT2D eigenvalue weighted by molar-refractivity contribution is 6.03. The highest BCUT2D eigenvalue weighted by atomic mass is 16.4. The number of nitrogens with one attached hydrogen (secondary N) is 1. The Balaban J connectivity index is 2.27. The van der Waals surface area contributed by atoms with E-state index in [1.54, 1.807) is 23.4 Å². The van der Waals surface area contributed by atoms with Crippen molar-refractivity contribution >= 4 is 11.9 Å². The largest absolute Gasteiger partial charge is 0.465 e. The summed E-state index contributed by atoms with van der Waals surface area (Å²) >= 11 is 0. The maximum Gasteiger partial charge on any atom is 0.405 e. The van der Waals surface area contributed by atoms with Crippen LogP contribution in [-0.4, -0.2) is 41.0 Å². The third-order valence-electron chi connectivity index (χ3n) is 3.66. The van der Waals surface area contributed by atoms with Crippen molar-refractivity contribution in [2.45, 2.75) is 31.7 Å². The van der Waals surface area contributed by atoms with Crippen molar-refractivity contribution in [3.63, 3.8) is 0 Å².